The Kier molecular flexibility index (Phi) is 5.41. The third kappa shape index (κ3) is 3.86. The molecule has 0 saturated heterocycles. The first kappa shape index (κ1) is 20.6. The molecule has 1 aliphatic heterocycles. The number of carbonyl (C=O) groups is 1. The van der Waals surface area contributed by atoms with Crippen LogP contribution in [0.3, 0.4) is 0 Å². The Morgan fingerprint density at radius 2 is 2.00 bits per heavy atom. The Bertz CT molecular complexity index is 1070. The molecule has 0 radical (unpaired) electrons. The number of ether oxygens (including phenoxy) is 2. The summed E-state index contributed by atoms with van der Waals surface area (Å²) in [5, 5.41) is 0.965. The zero-order valence-electron chi connectivity index (χ0n) is 17.7. The second-order valence-corrected chi connectivity index (χ2v) is 8.96. The van der Waals surface area contributed by atoms with Gasteiger partial charge in [0.15, 0.2) is 11.3 Å². The van der Waals surface area contributed by atoms with E-state index in [1.165, 1.54) is 0 Å². The highest BCUT2D eigenvalue weighted by atomic mass is 35.5. The highest BCUT2D eigenvalue weighted by molar-refractivity contribution is 6.19. The number of amides is 1. The van der Waals surface area contributed by atoms with Crippen molar-refractivity contribution >= 4 is 34.4 Å². The SMILES string of the molecule is Cc1coc2c(OCc3ccccc3)cc3c(c12)[C@H](CCl)CN3C(=O)OC(C)(C)C. The number of hydrogen-bond donors (Lipinski definition) is 0. The molecule has 1 aromatic heterocycles. The molecule has 2 aromatic carbocycles. The number of benzene rings is 2. The van der Waals surface area contributed by atoms with Crippen molar-refractivity contribution in [2.75, 3.05) is 17.3 Å². The van der Waals surface area contributed by atoms with Gasteiger partial charge in [-0.05, 0) is 44.4 Å². The summed E-state index contributed by atoms with van der Waals surface area (Å²) in [4.78, 5) is 14.6. The van der Waals surface area contributed by atoms with Gasteiger partial charge in [-0.25, -0.2) is 4.79 Å². The molecule has 1 aliphatic rings. The highest BCUT2D eigenvalue weighted by Gasteiger charge is 2.38. The summed E-state index contributed by atoms with van der Waals surface area (Å²) in [7, 11) is 0. The molecule has 0 N–H and O–H groups in total. The number of halogens is 1. The van der Waals surface area contributed by atoms with Crippen LogP contribution in [0.1, 0.15) is 43.4 Å². The van der Waals surface area contributed by atoms with Crippen LogP contribution in [0.4, 0.5) is 10.5 Å². The fourth-order valence-electron chi connectivity index (χ4n) is 3.86. The van der Waals surface area contributed by atoms with Crippen LogP contribution >= 0.6 is 11.6 Å². The van der Waals surface area contributed by atoms with E-state index < -0.39 is 5.60 Å². The molecule has 3 aromatic rings. The molecular weight excluding hydrogens is 402 g/mol. The van der Waals surface area contributed by atoms with E-state index in [1.54, 1.807) is 11.2 Å². The van der Waals surface area contributed by atoms with Gasteiger partial charge in [-0.2, -0.15) is 0 Å². The zero-order valence-corrected chi connectivity index (χ0v) is 18.5. The maximum Gasteiger partial charge on any atom is 0.414 e. The molecule has 2 heterocycles. The Labute approximate surface area is 181 Å². The lowest BCUT2D eigenvalue weighted by Gasteiger charge is -2.25. The van der Waals surface area contributed by atoms with E-state index in [0.29, 0.717) is 30.4 Å². The molecule has 158 valence electrons. The number of rotatable bonds is 4. The minimum absolute atomic E-state index is 0.00356. The van der Waals surface area contributed by atoms with Crippen molar-refractivity contribution in [3.63, 3.8) is 0 Å². The van der Waals surface area contributed by atoms with E-state index >= 15 is 0 Å². The minimum Gasteiger partial charge on any atom is -0.485 e. The quantitative estimate of drug-likeness (QED) is 0.452. The normalized spacial score (nSPS) is 16.0. The predicted molar refractivity (Wildman–Crippen MR) is 119 cm³/mol. The van der Waals surface area contributed by atoms with E-state index in [2.05, 4.69) is 0 Å². The molecule has 30 heavy (non-hydrogen) atoms. The van der Waals surface area contributed by atoms with Crippen LogP contribution in [-0.4, -0.2) is 24.1 Å². The summed E-state index contributed by atoms with van der Waals surface area (Å²) in [6.45, 7) is 8.44. The number of hydrogen-bond acceptors (Lipinski definition) is 4. The van der Waals surface area contributed by atoms with Crippen LogP contribution in [0.25, 0.3) is 11.0 Å². The molecule has 0 aliphatic carbocycles. The van der Waals surface area contributed by atoms with Crippen molar-refractivity contribution in [1.82, 2.24) is 0 Å². The first-order valence-corrected chi connectivity index (χ1v) is 10.6. The van der Waals surface area contributed by atoms with Gasteiger partial charge in [-0.3, -0.25) is 4.90 Å². The standard InChI is InChI=1S/C24H26ClNO4/c1-15-13-29-22-19(28-14-16-8-6-5-7-9-16)10-18-21(20(15)22)17(11-25)12-26(18)23(27)30-24(2,3)4/h5-10,13,17H,11-12,14H2,1-4H3/t17-/m1/s1. The van der Waals surface area contributed by atoms with Crippen molar-refractivity contribution in [2.24, 2.45) is 0 Å². The zero-order chi connectivity index (χ0) is 21.5. The topological polar surface area (TPSA) is 51.9 Å². The Balaban J connectivity index is 1.78. The molecular formula is C24H26ClNO4. The van der Waals surface area contributed by atoms with Crippen molar-refractivity contribution in [2.45, 2.75) is 45.8 Å². The summed E-state index contributed by atoms with van der Waals surface area (Å²) < 4.78 is 17.6. The highest BCUT2D eigenvalue weighted by Crippen LogP contribution is 2.47. The monoisotopic (exact) mass is 427 g/mol. The van der Waals surface area contributed by atoms with Gasteiger partial charge in [0.25, 0.3) is 0 Å². The molecule has 0 fully saturated rings. The largest absolute Gasteiger partial charge is 0.485 e. The molecule has 0 bridgehead atoms. The van der Waals surface area contributed by atoms with Gasteiger partial charge < -0.3 is 13.9 Å². The van der Waals surface area contributed by atoms with Crippen molar-refractivity contribution in [3.05, 3.63) is 59.4 Å². The third-order valence-electron chi connectivity index (χ3n) is 5.15. The number of anilines is 1. The fraction of sp³-hybridized carbons (Fsp3) is 0.375. The van der Waals surface area contributed by atoms with Gasteiger partial charge in [0.1, 0.15) is 12.2 Å². The van der Waals surface area contributed by atoms with Crippen LogP contribution < -0.4 is 9.64 Å². The van der Waals surface area contributed by atoms with Gasteiger partial charge in [-0.1, -0.05) is 30.3 Å². The van der Waals surface area contributed by atoms with Crippen LogP contribution in [0.15, 0.2) is 47.1 Å². The smallest absolute Gasteiger partial charge is 0.414 e. The average molecular weight is 428 g/mol. The molecule has 5 nitrogen and oxygen atoms in total. The van der Waals surface area contributed by atoms with Crippen LogP contribution in [0.2, 0.25) is 0 Å². The lowest BCUT2D eigenvalue weighted by atomic mass is 9.97. The molecule has 6 heteroatoms. The van der Waals surface area contributed by atoms with Crippen LogP contribution in [0, 0.1) is 6.92 Å². The summed E-state index contributed by atoms with van der Waals surface area (Å²) in [5.41, 5.74) is 3.94. The number of alkyl halides is 1. The number of carbonyl (C=O) groups excluding carboxylic acids is 1. The van der Waals surface area contributed by atoms with Crippen LogP contribution in [-0.2, 0) is 11.3 Å². The van der Waals surface area contributed by atoms with E-state index in [-0.39, 0.29) is 12.0 Å². The number of furan rings is 1. The van der Waals surface area contributed by atoms with E-state index in [0.717, 1.165) is 27.8 Å². The summed E-state index contributed by atoms with van der Waals surface area (Å²) in [6.07, 6.45) is 1.34. The molecule has 1 atom stereocenters. The summed E-state index contributed by atoms with van der Waals surface area (Å²) >= 11 is 6.30. The van der Waals surface area contributed by atoms with Crippen molar-refractivity contribution in [3.8, 4) is 5.75 Å². The maximum absolute atomic E-state index is 12.9. The van der Waals surface area contributed by atoms with Gasteiger partial charge in [0.2, 0.25) is 0 Å². The Morgan fingerprint density at radius 1 is 1.27 bits per heavy atom. The minimum atomic E-state index is -0.585. The second-order valence-electron chi connectivity index (χ2n) is 8.65. The fourth-order valence-corrected chi connectivity index (χ4v) is 4.11. The van der Waals surface area contributed by atoms with E-state index in [1.807, 2.05) is 64.1 Å². The molecule has 4 rings (SSSR count). The molecule has 0 spiro atoms. The first-order valence-electron chi connectivity index (χ1n) is 10.1. The first-order chi connectivity index (χ1) is 14.3. The van der Waals surface area contributed by atoms with Crippen molar-refractivity contribution < 1.29 is 18.7 Å². The Morgan fingerprint density at radius 3 is 2.67 bits per heavy atom. The average Bonchev–Trinajstić information content (AvgIpc) is 3.26. The summed E-state index contributed by atoms with van der Waals surface area (Å²) in [5.74, 6) is 0.997. The van der Waals surface area contributed by atoms with Gasteiger partial charge in [-0.15, -0.1) is 11.6 Å². The summed E-state index contributed by atoms with van der Waals surface area (Å²) in [6, 6.07) is 11.8. The third-order valence-corrected chi connectivity index (χ3v) is 5.52. The van der Waals surface area contributed by atoms with Crippen molar-refractivity contribution in [1.29, 1.82) is 0 Å². The number of aryl methyl sites for hydroxylation is 1. The van der Waals surface area contributed by atoms with Crippen LogP contribution in [0.5, 0.6) is 5.75 Å². The second kappa shape index (κ2) is 7.88. The van der Waals surface area contributed by atoms with Gasteiger partial charge in [0.05, 0.1) is 12.0 Å². The molecule has 0 unspecified atom stereocenters. The van der Waals surface area contributed by atoms with Gasteiger partial charge in [0, 0.05) is 29.8 Å². The number of fused-ring (bicyclic) bond motifs is 3. The number of nitrogens with zero attached hydrogens (tertiary/aromatic N) is 1. The van der Waals surface area contributed by atoms with Gasteiger partial charge >= 0.3 is 6.09 Å². The maximum atomic E-state index is 12.9. The predicted octanol–water partition coefficient (Wildman–Crippen LogP) is 6.40. The molecule has 1 amide bonds. The molecule has 0 saturated carbocycles. The lowest BCUT2D eigenvalue weighted by molar-refractivity contribution is 0.0582. The lowest BCUT2D eigenvalue weighted by Crippen LogP contribution is -2.36. The Hall–Kier alpha value is -2.66. The van der Waals surface area contributed by atoms with E-state index in [4.69, 9.17) is 25.5 Å². The van der Waals surface area contributed by atoms with E-state index in [9.17, 15) is 4.79 Å².